The maximum atomic E-state index is 11.5. The molecule has 0 amide bonds. The van der Waals surface area contributed by atoms with Crippen LogP contribution in [0.5, 0.6) is 0 Å². The second kappa shape index (κ2) is 6.15. The molecule has 0 aliphatic heterocycles. The van der Waals surface area contributed by atoms with E-state index >= 15 is 0 Å². The first-order valence-electron chi connectivity index (χ1n) is 5.29. The molecule has 0 aromatic carbocycles. The van der Waals surface area contributed by atoms with Crippen LogP contribution in [0.3, 0.4) is 0 Å². The highest BCUT2D eigenvalue weighted by molar-refractivity contribution is 7.85. The van der Waals surface area contributed by atoms with Crippen molar-refractivity contribution in [3.63, 3.8) is 0 Å². The topological polar surface area (TPSA) is 70.4 Å². The van der Waals surface area contributed by atoms with Gasteiger partial charge in [-0.05, 0) is 19.6 Å². The van der Waals surface area contributed by atoms with Crippen LogP contribution in [0.2, 0.25) is 19.6 Å². The Kier molecular flexibility index (Phi) is 5.10. The number of hydrogen-bond acceptors (Lipinski definition) is 5. The van der Waals surface area contributed by atoms with Crippen LogP contribution in [0.25, 0.3) is 0 Å². The zero-order valence-corrected chi connectivity index (χ0v) is 12.4. The SMILES string of the molecule is C[Si](C)(C)OCC#CCOS(=O)(=O)n1ccnc1. The third-order valence-electron chi connectivity index (χ3n) is 1.72. The molecular formula is C10H16N2O4SSi. The van der Waals surface area contributed by atoms with Crippen molar-refractivity contribution in [2.45, 2.75) is 19.6 Å². The number of rotatable bonds is 5. The first-order valence-corrected chi connectivity index (χ1v) is 10.1. The summed E-state index contributed by atoms with van der Waals surface area (Å²) in [7, 11) is -5.38. The minimum Gasteiger partial charge on any atom is -0.407 e. The smallest absolute Gasteiger partial charge is 0.368 e. The molecule has 0 aliphatic carbocycles. The highest BCUT2D eigenvalue weighted by Crippen LogP contribution is 2.01. The largest absolute Gasteiger partial charge is 0.407 e. The number of hydrogen-bond donors (Lipinski definition) is 0. The normalized spacial score (nSPS) is 11.9. The summed E-state index contributed by atoms with van der Waals surface area (Å²) >= 11 is 0. The van der Waals surface area contributed by atoms with Gasteiger partial charge in [0, 0.05) is 12.4 Å². The van der Waals surface area contributed by atoms with Gasteiger partial charge in [-0.25, -0.2) is 13.1 Å². The number of nitrogens with zero attached hydrogens (tertiary/aromatic N) is 2. The van der Waals surface area contributed by atoms with Gasteiger partial charge in [-0.2, -0.15) is 8.42 Å². The van der Waals surface area contributed by atoms with Crippen molar-refractivity contribution in [1.82, 2.24) is 8.96 Å². The summed E-state index contributed by atoms with van der Waals surface area (Å²) in [6.45, 7) is 6.25. The van der Waals surface area contributed by atoms with Crippen LogP contribution in [-0.4, -0.2) is 38.9 Å². The van der Waals surface area contributed by atoms with Crippen LogP contribution in [0.4, 0.5) is 0 Å². The molecule has 1 aromatic heterocycles. The van der Waals surface area contributed by atoms with E-state index in [9.17, 15) is 8.42 Å². The molecule has 0 fully saturated rings. The Labute approximate surface area is 108 Å². The van der Waals surface area contributed by atoms with Gasteiger partial charge in [-0.3, -0.25) is 0 Å². The molecule has 0 radical (unpaired) electrons. The molecule has 0 saturated carbocycles. The van der Waals surface area contributed by atoms with Crippen LogP contribution in [0.15, 0.2) is 18.7 Å². The van der Waals surface area contributed by atoms with Gasteiger partial charge in [0.2, 0.25) is 0 Å². The van der Waals surface area contributed by atoms with Crippen molar-refractivity contribution in [3.05, 3.63) is 18.7 Å². The second-order valence-electron chi connectivity index (χ2n) is 4.37. The lowest BCUT2D eigenvalue weighted by Gasteiger charge is -2.13. The molecule has 6 nitrogen and oxygen atoms in total. The quantitative estimate of drug-likeness (QED) is 0.593. The van der Waals surface area contributed by atoms with Crippen LogP contribution in [0, 0.1) is 11.8 Å². The summed E-state index contributed by atoms with van der Waals surface area (Å²) in [6, 6.07) is 0. The summed E-state index contributed by atoms with van der Waals surface area (Å²) in [5, 5.41) is 0. The Morgan fingerprint density at radius 1 is 1.28 bits per heavy atom. The third-order valence-corrected chi connectivity index (χ3v) is 3.88. The van der Waals surface area contributed by atoms with Crippen molar-refractivity contribution >= 4 is 18.6 Å². The van der Waals surface area contributed by atoms with Crippen LogP contribution in [-0.2, 0) is 18.9 Å². The summed E-state index contributed by atoms with van der Waals surface area (Å²) in [5.74, 6) is 5.30. The molecule has 18 heavy (non-hydrogen) atoms. The van der Waals surface area contributed by atoms with Crippen molar-refractivity contribution in [3.8, 4) is 11.8 Å². The Balaban J connectivity index is 2.37. The Bertz CT molecular complexity index is 522. The van der Waals surface area contributed by atoms with E-state index in [4.69, 9.17) is 4.43 Å². The molecule has 100 valence electrons. The highest BCUT2D eigenvalue weighted by Gasteiger charge is 2.13. The molecule has 0 saturated heterocycles. The maximum absolute atomic E-state index is 11.5. The summed E-state index contributed by atoms with van der Waals surface area (Å²) in [5.41, 5.74) is 0. The van der Waals surface area contributed by atoms with E-state index in [0.717, 1.165) is 10.3 Å². The first kappa shape index (κ1) is 14.9. The van der Waals surface area contributed by atoms with Crippen LogP contribution >= 0.6 is 0 Å². The fourth-order valence-electron chi connectivity index (χ4n) is 0.899. The van der Waals surface area contributed by atoms with Gasteiger partial charge in [0.05, 0.1) is 6.61 Å². The van der Waals surface area contributed by atoms with Gasteiger partial charge in [0.25, 0.3) is 0 Å². The van der Waals surface area contributed by atoms with E-state index in [1.54, 1.807) is 0 Å². The van der Waals surface area contributed by atoms with Gasteiger partial charge in [-0.1, -0.05) is 11.8 Å². The van der Waals surface area contributed by atoms with E-state index in [1.165, 1.54) is 12.4 Å². The standard InChI is InChI=1S/C10H16N2O4SSi/c1-18(2,3)16-9-5-4-8-15-17(13,14)12-7-6-11-10-12/h6-7,10H,8-9H2,1-3H3. The Morgan fingerprint density at radius 3 is 2.50 bits per heavy atom. The lowest BCUT2D eigenvalue weighted by Crippen LogP contribution is -2.25. The number of imidazole rings is 1. The fraction of sp³-hybridized carbons (Fsp3) is 0.500. The second-order valence-corrected chi connectivity index (χ2v) is 10.4. The van der Waals surface area contributed by atoms with Crippen molar-refractivity contribution in [1.29, 1.82) is 0 Å². The summed E-state index contributed by atoms with van der Waals surface area (Å²) < 4.78 is 34.0. The van der Waals surface area contributed by atoms with Crippen molar-refractivity contribution in [2.24, 2.45) is 0 Å². The van der Waals surface area contributed by atoms with E-state index < -0.39 is 18.6 Å². The maximum Gasteiger partial charge on any atom is 0.368 e. The van der Waals surface area contributed by atoms with Crippen LogP contribution < -0.4 is 0 Å². The monoisotopic (exact) mass is 288 g/mol. The molecule has 0 bridgehead atoms. The van der Waals surface area contributed by atoms with Gasteiger partial charge >= 0.3 is 10.3 Å². The summed E-state index contributed by atoms with van der Waals surface area (Å²) in [4.78, 5) is 3.63. The first-order chi connectivity index (χ1) is 8.31. The summed E-state index contributed by atoms with van der Waals surface area (Å²) in [6.07, 6.45) is 3.79. The van der Waals surface area contributed by atoms with Gasteiger partial charge in [0.1, 0.15) is 12.9 Å². The van der Waals surface area contributed by atoms with Crippen LogP contribution in [0.1, 0.15) is 0 Å². The third kappa shape index (κ3) is 5.46. The average molecular weight is 288 g/mol. The molecular weight excluding hydrogens is 272 g/mol. The van der Waals surface area contributed by atoms with E-state index in [0.29, 0.717) is 6.61 Å². The predicted molar refractivity (Wildman–Crippen MR) is 69.6 cm³/mol. The number of aromatic nitrogens is 2. The van der Waals surface area contributed by atoms with E-state index in [2.05, 4.69) is 40.6 Å². The Morgan fingerprint density at radius 2 is 1.94 bits per heavy atom. The minimum atomic E-state index is -3.81. The molecule has 0 atom stereocenters. The van der Waals surface area contributed by atoms with Gasteiger partial charge in [-0.15, -0.1) is 0 Å². The molecule has 0 unspecified atom stereocenters. The fourth-order valence-corrected chi connectivity index (χ4v) is 2.11. The molecule has 1 aromatic rings. The van der Waals surface area contributed by atoms with E-state index in [1.807, 2.05) is 0 Å². The zero-order chi connectivity index (χ0) is 13.6. The average Bonchev–Trinajstić information content (AvgIpc) is 2.75. The molecule has 0 aliphatic rings. The molecule has 1 rings (SSSR count). The molecule has 1 heterocycles. The van der Waals surface area contributed by atoms with E-state index in [-0.39, 0.29) is 6.61 Å². The highest BCUT2D eigenvalue weighted by atomic mass is 32.2. The van der Waals surface area contributed by atoms with Gasteiger partial charge in [0.15, 0.2) is 8.32 Å². The molecule has 0 N–H and O–H groups in total. The Hall–Kier alpha value is -1.14. The van der Waals surface area contributed by atoms with Crippen molar-refractivity contribution in [2.75, 3.05) is 13.2 Å². The molecule has 8 heteroatoms. The minimum absolute atomic E-state index is 0.199. The van der Waals surface area contributed by atoms with Crippen molar-refractivity contribution < 1.29 is 17.0 Å². The van der Waals surface area contributed by atoms with Gasteiger partial charge < -0.3 is 4.43 Å². The predicted octanol–water partition coefficient (Wildman–Crippen LogP) is 0.847. The lowest BCUT2D eigenvalue weighted by atomic mass is 10.6. The lowest BCUT2D eigenvalue weighted by molar-refractivity contribution is 0.352. The zero-order valence-electron chi connectivity index (χ0n) is 10.6. The molecule has 0 spiro atoms.